The third kappa shape index (κ3) is 4.48. The second kappa shape index (κ2) is 9.52. The number of aliphatic hydroxyl groups is 1. The molecule has 4 fully saturated rings. The lowest BCUT2D eigenvalue weighted by Crippen LogP contribution is -2.78. The van der Waals surface area contributed by atoms with E-state index in [0.717, 1.165) is 0 Å². The molecule has 1 aromatic carbocycles. The number of carbonyl (C=O) groups excluding carboxylic acids is 1. The van der Waals surface area contributed by atoms with Crippen LogP contribution >= 0.6 is 11.6 Å². The van der Waals surface area contributed by atoms with Gasteiger partial charge in [0.1, 0.15) is 10.8 Å². The quantitative estimate of drug-likeness (QED) is 0.285. The van der Waals surface area contributed by atoms with E-state index in [1.807, 2.05) is 6.07 Å². The number of hydrogen-bond acceptors (Lipinski definition) is 5. The highest BCUT2D eigenvalue weighted by atomic mass is 35.5. The van der Waals surface area contributed by atoms with Crippen LogP contribution in [-0.4, -0.2) is 41.5 Å². The molecule has 222 valence electrons. The molecule has 4 aliphatic carbocycles. The minimum Gasteiger partial charge on any atom is -0.390 e. The monoisotopic (exact) mass is 609 g/mol. The van der Waals surface area contributed by atoms with Gasteiger partial charge < -0.3 is 10.4 Å². The molecule has 43 heavy (non-hydrogen) atoms. The number of halogens is 4. The minimum atomic E-state index is -2.73. The van der Waals surface area contributed by atoms with Gasteiger partial charge in [-0.3, -0.25) is 19.1 Å². The lowest BCUT2D eigenvalue weighted by molar-refractivity contribution is -0.215. The molecule has 0 unspecified atom stereocenters. The lowest BCUT2D eigenvalue weighted by atomic mass is 9.46. The average molecular weight is 610 g/mol. The van der Waals surface area contributed by atoms with Crippen molar-refractivity contribution in [2.75, 3.05) is 0 Å². The number of aryl methyl sites for hydroxylation is 2. The van der Waals surface area contributed by atoms with Crippen LogP contribution in [0.1, 0.15) is 76.8 Å². The zero-order valence-corrected chi connectivity index (χ0v) is 24.0. The van der Waals surface area contributed by atoms with Gasteiger partial charge in [0, 0.05) is 29.2 Å². The first-order valence-corrected chi connectivity index (χ1v) is 14.3. The number of hydrogen-bond donors (Lipinski definition) is 2. The van der Waals surface area contributed by atoms with Gasteiger partial charge in [-0.25, -0.2) is 9.07 Å². The number of rotatable bonds is 7. The van der Waals surface area contributed by atoms with Crippen molar-refractivity contribution in [1.82, 2.24) is 24.6 Å². The number of pyridine rings is 2. The lowest BCUT2D eigenvalue weighted by Gasteiger charge is -2.67. The normalized spacial score (nSPS) is 25.3. The van der Waals surface area contributed by atoms with Crippen LogP contribution in [0.3, 0.4) is 0 Å². The molecule has 8 rings (SSSR count). The third-order valence-corrected chi connectivity index (χ3v) is 9.40. The maximum Gasteiger partial charge on any atom is 0.333 e. The van der Waals surface area contributed by atoms with Gasteiger partial charge in [-0.05, 0) is 92.3 Å². The molecule has 12 heteroatoms. The molecule has 0 aliphatic heterocycles. The van der Waals surface area contributed by atoms with Crippen LogP contribution in [0.4, 0.5) is 13.2 Å². The standard InChI is InChI=1S/C31H27ClF3N5O3/c1-15-9-36-23(18-4-3-5-19(26(18)33)27(41)38-30-12-31(43,13-30)14-30)8-24(15)40-16(2)6-22(25(32)28(40)42)21-7-20(21)17-10-37-39(11-17)29(34)35/h3-6,8-11,20-21,29,43H,7,12-14H2,1-2H3,(H,38,41)/t20-,21+,30?,31?/m1/s1. The van der Waals surface area contributed by atoms with Gasteiger partial charge in [-0.2, -0.15) is 13.9 Å². The first-order chi connectivity index (χ1) is 20.4. The fraction of sp³-hybridized carbons (Fsp3) is 0.355. The van der Waals surface area contributed by atoms with Crippen LogP contribution < -0.4 is 10.9 Å². The summed E-state index contributed by atoms with van der Waals surface area (Å²) in [4.78, 5) is 31.0. The summed E-state index contributed by atoms with van der Waals surface area (Å²) in [5.41, 5.74) is 1.58. The Balaban J connectivity index is 1.19. The Morgan fingerprint density at radius 1 is 1.16 bits per heavy atom. The molecule has 4 aliphatic rings. The number of nitrogens with one attached hydrogen (secondary N) is 1. The van der Waals surface area contributed by atoms with Gasteiger partial charge >= 0.3 is 6.55 Å². The summed E-state index contributed by atoms with van der Waals surface area (Å²) in [6.07, 6.45) is 6.32. The predicted octanol–water partition coefficient (Wildman–Crippen LogP) is 5.57. The number of benzene rings is 1. The average Bonchev–Trinajstić information content (AvgIpc) is 3.56. The van der Waals surface area contributed by atoms with E-state index < -0.39 is 35.0 Å². The fourth-order valence-corrected chi connectivity index (χ4v) is 7.12. The van der Waals surface area contributed by atoms with Crippen molar-refractivity contribution in [2.45, 2.75) is 69.1 Å². The summed E-state index contributed by atoms with van der Waals surface area (Å²) in [7, 11) is 0. The van der Waals surface area contributed by atoms with Gasteiger partial charge in [-0.15, -0.1) is 0 Å². The fourth-order valence-electron chi connectivity index (χ4n) is 6.84. The van der Waals surface area contributed by atoms with Crippen molar-refractivity contribution < 1.29 is 23.1 Å². The van der Waals surface area contributed by atoms with Crippen LogP contribution in [0.15, 0.2) is 53.7 Å². The molecule has 3 aromatic heterocycles. The number of carbonyl (C=O) groups is 1. The van der Waals surface area contributed by atoms with Crippen molar-refractivity contribution in [3.05, 3.63) is 98.1 Å². The Hall–Kier alpha value is -3.96. The summed E-state index contributed by atoms with van der Waals surface area (Å²) in [6, 6.07) is 7.91. The Kier molecular flexibility index (Phi) is 6.17. The number of alkyl halides is 2. The number of aromatic nitrogens is 4. The molecule has 0 radical (unpaired) electrons. The van der Waals surface area contributed by atoms with E-state index in [9.17, 15) is 23.5 Å². The Bertz CT molecular complexity index is 1870. The third-order valence-electron chi connectivity index (χ3n) is 9.02. The van der Waals surface area contributed by atoms with Gasteiger partial charge in [0.15, 0.2) is 0 Å². The maximum absolute atomic E-state index is 15.7. The van der Waals surface area contributed by atoms with E-state index >= 15 is 4.39 Å². The van der Waals surface area contributed by atoms with Crippen LogP contribution in [0.25, 0.3) is 16.9 Å². The van der Waals surface area contributed by atoms with Gasteiger partial charge in [-0.1, -0.05) is 17.7 Å². The molecule has 2 bridgehead atoms. The Morgan fingerprint density at radius 3 is 2.58 bits per heavy atom. The molecule has 0 saturated heterocycles. The number of amides is 1. The van der Waals surface area contributed by atoms with E-state index in [2.05, 4.69) is 15.4 Å². The van der Waals surface area contributed by atoms with Crippen molar-refractivity contribution in [3.8, 4) is 16.9 Å². The highest BCUT2D eigenvalue weighted by Gasteiger charge is 2.68. The summed E-state index contributed by atoms with van der Waals surface area (Å²) in [5.74, 6) is -1.46. The van der Waals surface area contributed by atoms with E-state index in [-0.39, 0.29) is 33.7 Å². The topological polar surface area (TPSA) is 102 Å². The van der Waals surface area contributed by atoms with Crippen LogP contribution in [0.2, 0.25) is 5.02 Å². The minimum absolute atomic E-state index is 0.0280. The highest BCUT2D eigenvalue weighted by Crippen LogP contribution is 2.60. The summed E-state index contributed by atoms with van der Waals surface area (Å²) >= 11 is 6.63. The summed E-state index contributed by atoms with van der Waals surface area (Å²) in [5, 5.41) is 16.6. The van der Waals surface area contributed by atoms with Crippen molar-refractivity contribution in [2.24, 2.45) is 0 Å². The predicted molar refractivity (Wildman–Crippen MR) is 152 cm³/mol. The maximum atomic E-state index is 15.7. The molecule has 8 nitrogen and oxygen atoms in total. The zero-order chi connectivity index (χ0) is 30.4. The molecule has 1 amide bonds. The molecule has 2 N–H and O–H groups in total. The van der Waals surface area contributed by atoms with E-state index in [1.54, 1.807) is 26.0 Å². The van der Waals surface area contributed by atoms with Gasteiger partial charge in [0.05, 0.1) is 28.7 Å². The molecule has 3 heterocycles. The van der Waals surface area contributed by atoms with Crippen LogP contribution in [0, 0.1) is 19.7 Å². The summed E-state index contributed by atoms with van der Waals surface area (Å²) < 4.78 is 43.7. The highest BCUT2D eigenvalue weighted by molar-refractivity contribution is 6.31. The van der Waals surface area contributed by atoms with E-state index in [0.29, 0.717) is 58.4 Å². The second-order valence-corrected chi connectivity index (χ2v) is 12.6. The molecule has 2 atom stereocenters. The number of nitrogens with zero attached hydrogens (tertiary/aromatic N) is 4. The first-order valence-electron chi connectivity index (χ1n) is 13.9. The molecular weight excluding hydrogens is 583 g/mol. The smallest absolute Gasteiger partial charge is 0.333 e. The zero-order valence-electron chi connectivity index (χ0n) is 23.2. The van der Waals surface area contributed by atoms with Gasteiger partial charge in [0.2, 0.25) is 0 Å². The van der Waals surface area contributed by atoms with E-state index in [1.165, 1.54) is 35.3 Å². The van der Waals surface area contributed by atoms with Crippen molar-refractivity contribution >= 4 is 17.5 Å². The van der Waals surface area contributed by atoms with Crippen molar-refractivity contribution in [1.29, 1.82) is 0 Å². The second-order valence-electron chi connectivity index (χ2n) is 12.2. The molecule has 0 spiro atoms. The largest absolute Gasteiger partial charge is 0.390 e. The molecular formula is C31H27ClF3N5O3. The molecule has 4 aromatic rings. The van der Waals surface area contributed by atoms with Gasteiger partial charge in [0.25, 0.3) is 11.5 Å². The molecule has 4 saturated carbocycles. The Labute approximate surface area is 249 Å². The first kappa shape index (κ1) is 27.8. The Morgan fingerprint density at radius 2 is 1.91 bits per heavy atom. The van der Waals surface area contributed by atoms with Crippen molar-refractivity contribution in [3.63, 3.8) is 0 Å². The van der Waals surface area contributed by atoms with Crippen LogP contribution in [0.5, 0.6) is 0 Å². The SMILES string of the molecule is Cc1cnc(-c2cccc(C(=O)NC34CC(O)(C3)C4)c2F)cc1-n1c(C)cc([C@H]2C[C@@H]2c2cnn(C(F)F)c2)c(Cl)c1=O. The van der Waals surface area contributed by atoms with Crippen LogP contribution in [-0.2, 0) is 0 Å². The van der Waals surface area contributed by atoms with E-state index in [4.69, 9.17) is 11.6 Å². The summed E-state index contributed by atoms with van der Waals surface area (Å²) in [6.45, 7) is 0.810.